The Morgan fingerprint density at radius 2 is 1.61 bits per heavy atom. The highest BCUT2D eigenvalue weighted by atomic mass is 32.3. The van der Waals surface area contributed by atoms with Gasteiger partial charge in [-0.3, -0.25) is 18.7 Å². The monoisotopic (exact) mass is 1440 g/mol. The van der Waals surface area contributed by atoms with Crippen LogP contribution in [0.3, 0.4) is 0 Å². The van der Waals surface area contributed by atoms with Crippen LogP contribution in [0, 0.1) is 17.8 Å². The topological polar surface area (TPSA) is 415 Å². The molecule has 7 aliphatic rings. The number of nitrogens with one attached hydrogen (secondary N) is 1. The van der Waals surface area contributed by atoms with Crippen LogP contribution in [0.5, 0.6) is 0 Å². The molecule has 0 bridgehead atoms. The second-order valence-electron chi connectivity index (χ2n) is 27.0. The number of fused-ring (bicyclic) bond motifs is 1. The lowest BCUT2D eigenvalue weighted by Crippen LogP contribution is -2.60. The van der Waals surface area contributed by atoms with Gasteiger partial charge in [0.1, 0.15) is 49.8 Å². The van der Waals surface area contributed by atoms with Crippen molar-refractivity contribution in [1.82, 2.24) is 5.32 Å². The number of rotatable bonds is 31. The summed E-state index contributed by atoms with van der Waals surface area (Å²) in [4.78, 5) is 37.8. The summed E-state index contributed by atoms with van der Waals surface area (Å²) in [6, 6.07) is 0. The van der Waals surface area contributed by atoms with Crippen LogP contribution in [-0.4, -0.2) is 221 Å². The SMILES string of the molecule is C=C1C([13CH](O)[13CH2][13CH](C)[13CH]2O[13C]3([13CH2][13CH2]CCO3)[13CH2][13CH2][13CH]2C)O[13CH]2[13CH2][13CH2][13C]3([13CH2][13CH2][13CH](/[13CH]=[13CH]/[13CH](C)[13CH]4[13CH2]C(C)=[13CH][13C]5(O[13CH]([13CH2][13C](C)(O)[13C](=O)OC/C(C)=[13CH]/[13CH]=[13CH]/[13CH2]OC(=O)[13CH2]/[13CH]=[13CH]/[13CH2][13CH2][13C](=O)NCC(O)[13CH2][13CH](O)[13CH](OS(=O)(=O)O)[13CH](O)COS(=O)(=O)O)[13CH2][13CH2][13CH]5O)O4)O3)O[13CH]2[13CH]1O. The van der Waals surface area contributed by atoms with Crippen molar-refractivity contribution >= 4 is 38.6 Å². The first-order valence-corrected chi connectivity index (χ1v) is 35.7. The third-order valence-corrected chi connectivity index (χ3v) is 19.6. The lowest BCUT2D eigenvalue weighted by Gasteiger charge is -2.50. The largest absolute Gasteiger partial charge is 0.461 e. The molecule has 0 saturated carbocycles. The predicted octanol–water partition coefficient (Wildman–Crippen LogP) is 4.04. The number of hydrogen-bond acceptors (Lipinski definition) is 25. The van der Waals surface area contributed by atoms with Gasteiger partial charge >= 0.3 is 32.7 Å². The predicted molar refractivity (Wildman–Crippen MR) is 337 cm³/mol. The summed E-state index contributed by atoms with van der Waals surface area (Å²) < 4.78 is 126. The zero-order valence-electron chi connectivity index (χ0n) is 55.1. The molecular formula is C65H101NO27S2. The van der Waals surface area contributed by atoms with Gasteiger partial charge < -0.3 is 83.7 Å². The normalized spacial score (nSPS) is 33.9. The van der Waals surface area contributed by atoms with Crippen LogP contribution >= 0.6 is 0 Å². The van der Waals surface area contributed by atoms with E-state index in [2.05, 4.69) is 34.1 Å². The second-order valence-corrected chi connectivity index (χ2v) is 29.1. The number of aliphatic hydroxyl groups is 7. The summed E-state index contributed by atoms with van der Waals surface area (Å²) in [5.41, 5.74) is -0.0416. The smallest absolute Gasteiger partial charge is 0.397 e. The summed E-state index contributed by atoms with van der Waals surface area (Å²) in [6.07, 6.45) is 7.02. The quantitative estimate of drug-likeness (QED) is 0.0154. The number of aliphatic hydroxyl groups excluding tert-OH is 6. The molecule has 0 aromatic carbocycles. The number of hydrogen-bond donors (Lipinski definition) is 10. The van der Waals surface area contributed by atoms with Gasteiger partial charge in [-0.1, -0.05) is 69.4 Å². The Kier molecular flexibility index (Phi) is 28.4. The Morgan fingerprint density at radius 3 is 2.33 bits per heavy atom. The summed E-state index contributed by atoms with van der Waals surface area (Å²) in [7, 11) is -10.4. The van der Waals surface area contributed by atoms with Gasteiger partial charge in [0.15, 0.2) is 17.2 Å². The van der Waals surface area contributed by atoms with Crippen LogP contribution in [0.15, 0.2) is 71.9 Å². The van der Waals surface area contributed by atoms with Crippen LogP contribution in [0.4, 0.5) is 0 Å². The lowest BCUT2D eigenvalue weighted by molar-refractivity contribution is -0.321. The molecule has 30 heteroatoms. The number of carbonyl (C=O) groups is 3. The standard InChI is InChI=1S/C65H101NO27S2/c1-39(15-11-13-29-83-55(73)17-10-8-9-16-54(72)66-36-45(67)33-49(69)59(93-95(80,81)82)50(70)38-86-94(77,78)79)37-84-61(75)62(7,76)35-47-20-21-53(71)65(89-47)34-40(2)31-52(90-65)41(3)18-19-46-23-27-64(88-46)28-24-51-60(92-64)56(74)44(6)58(87-51)48(68)32-43(5)57-42(4)22-26-63(91-57)25-12-14-30-85-63/h8,10-11,13,15,18-19,34,41-43,45-53,56-60,67-71,74,76H,6,9,12,14,16-17,20-33,35-38H2,1-5,7H3,(H,66,72)(H,77,78,79)(H,80,81,82)/b10-8+,13-11+,19-18+,39-15+/i8+1,9+1,10+1,11+1,12+1,13+1,15+1,16+1,17+1,18+1,19+1,20+1,21+1,22+1,23+1,24+1,25+1,26+1,27+1,28+1,29+1,31+1,32+1,33+1,34+1,35+1,41+1,42+1,43+1,46+1,47+1,48+1,49+1,50+1,51+1,52+1,53+1,54+1,56+1,57+1,59+1,60+1,61+1,62+1,63+1,64+1,65+1. The summed E-state index contributed by atoms with van der Waals surface area (Å²) in [5, 5.41) is 79.1. The number of esters is 2. The molecule has 7 aliphatic heterocycles. The molecule has 540 valence electrons. The first-order chi connectivity index (χ1) is 44.6. The highest BCUT2D eigenvalue weighted by Crippen LogP contribution is 2.48. The molecule has 0 aromatic heterocycles. The summed E-state index contributed by atoms with van der Waals surface area (Å²) in [6.45, 7) is 14.2. The molecule has 1 amide bonds. The van der Waals surface area contributed by atoms with Crippen molar-refractivity contribution in [3.05, 3.63) is 71.9 Å². The average molecular weight is 1440 g/mol. The Morgan fingerprint density at radius 1 is 0.874 bits per heavy atom. The van der Waals surface area contributed by atoms with E-state index in [1.165, 1.54) is 13.0 Å². The molecule has 21 unspecified atom stereocenters. The zero-order valence-corrected chi connectivity index (χ0v) is 56.7. The maximum absolute atomic E-state index is 13.3. The number of carbonyl (C=O) groups excluding carboxylic acids is 3. The average Bonchev–Trinajstić information content (AvgIpc) is 1.74. The van der Waals surface area contributed by atoms with Crippen molar-refractivity contribution in [2.24, 2.45) is 17.8 Å². The minimum absolute atomic E-state index is 0.0113. The highest BCUT2D eigenvalue weighted by Gasteiger charge is 2.55. The van der Waals surface area contributed by atoms with Crippen molar-refractivity contribution < 1.29 is 127 Å². The Balaban J connectivity index is 0.779. The fraction of sp³-hybridized carbons (Fsp3) is 0.769. The summed E-state index contributed by atoms with van der Waals surface area (Å²) in [5.74, 6) is -4.87. The van der Waals surface area contributed by atoms with Crippen molar-refractivity contribution in [3.63, 3.8) is 0 Å². The van der Waals surface area contributed by atoms with Gasteiger partial charge in [0, 0.05) is 57.4 Å². The lowest BCUT2D eigenvalue weighted by atomic mass is 10.3. The van der Waals surface area contributed by atoms with Crippen LogP contribution in [0.25, 0.3) is 0 Å². The molecule has 7 rings (SSSR count). The molecule has 95 heavy (non-hydrogen) atoms. The molecule has 21 atom stereocenters. The summed E-state index contributed by atoms with van der Waals surface area (Å²) >= 11 is 0. The molecule has 0 aliphatic carbocycles. The van der Waals surface area contributed by atoms with Gasteiger partial charge in [-0.15, -0.1) is 0 Å². The maximum Gasteiger partial charge on any atom is 0.397 e. The van der Waals surface area contributed by atoms with Gasteiger partial charge in [0.05, 0.1) is 68.5 Å². The molecule has 28 nitrogen and oxygen atoms in total. The van der Waals surface area contributed by atoms with E-state index in [1.54, 1.807) is 37.3 Å². The third-order valence-electron chi connectivity index (χ3n) is 18.7. The number of allylic oxidation sites excluding steroid dienone is 3. The number of amides is 1. The van der Waals surface area contributed by atoms with E-state index in [-0.39, 0.29) is 69.4 Å². The molecular weight excluding hydrogens is 1340 g/mol. The fourth-order valence-corrected chi connectivity index (χ4v) is 14.4. The molecule has 0 aromatic rings. The van der Waals surface area contributed by atoms with Crippen molar-refractivity contribution in [1.29, 1.82) is 0 Å². The molecule has 10 N–H and O–H groups in total. The van der Waals surface area contributed by atoms with Crippen LogP contribution in [0.1, 0.15) is 157 Å². The first kappa shape index (κ1) is 78.4. The van der Waals surface area contributed by atoms with Gasteiger partial charge in [0.25, 0.3) is 0 Å². The van der Waals surface area contributed by atoms with E-state index in [1.807, 2.05) is 26.0 Å². The molecule has 0 radical (unpaired) electrons. The van der Waals surface area contributed by atoms with E-state index in [9.17, 15) is 67.0 Å². The van der Waals surface area contributed by atoms with E-state index >= 15 is 0 Å². The Bertz CT molecular complexity index is 2970. The second kappa shape index (κ2) is 34.4. The minimum Gasteiger partial charge on any atom is -0.461 e. The first-order valence-electron chi connectivity index (χ1n) is 33.0. The van der Waals surface area contributed by atoms with Crippen LogP contribution in [-0.2, 0) is 86.2 Å². The van der Waals surface area contributed by atoms with E-state index < -0.39 is 154 Å². The third kappa shape index (κ3) is 23.0. The fourth-order valence-electron chi connectivity index (χ4n) is 13.5. The van der Waals surface area contributed by atoms with Crippen LogP contribution in [0.2, 0.25) is 0 Å². The Labute approximate surface area is 556 Å². The molecule has 6 fully saturated rings. The van der Waals surface area contributed by atoms with Gasteiger partial charge in [-0.05, 0) is 120 Å². The zero-order chi connectivity index (χ0) is 69.7. The highest BCUT2D eigenvalue weighted by molar-refractivity contribution is 7.81. The van der Waals surface area contributed by atoms with Crippen molar-refractivity contribution in [3.8, 4) is 0 Å². The number of ether oxygens (including phenoxy) is 9. The molecule has 7 heterocycles. The Hall–Kier alpha value is -3.97. The van der Waals surface area contributed by atoms with E-state index in [0.29, 0.717) is 68.6 Å². The minimum atomic E-state index is -5.31. The van der Waals surface area contributed by atoms with Crippen LogP contribution < -0.4 is 5.32 Å². The van der Waals surface area contributed by atoms with E-state index in [4.69, 9.17) is 51.7 Å². The van der Waals surface area contributed by atoms with E-state index in [0.717, 1.165) is 37.7 Å². The van der Waals surface area contributed by atoms with Gasteiger partial charge in [-0.2, -0.15) is 16.8 Å². The van der Waals surface area contributed by atoms with Crippen molar-refractivity contribution in [2.75, 3.05) is 33.0 Å². The van der Waals surface area contributed by atoms with Crippen molar-refractivity contribution in [2.45, 2.75) is 266 Å². The van der Waals surface area contributed by atoms with Gasteiger partial charge in [0.2, 0.25) is 11.7 Å². The molecule has 6 saturated heterocycles. The van der Waals surface area contributed by atoms with Gasteiger partial charge in [-0.25, -0.2) is 13.2 Å². The maximum atomic E-state index is 13.3. The molecule has 3 spiro atoms.